The smallest absolute Gasteiger partial charge is 0.180 e. The first kappa shape index (κ1) is 14.0. The number of hydrogen-bond donors (Lipinski definition) is 1. The summed E-state index contributed by atoms with van der Waals surface area (Å²) in [4.78, 5) is 14.5. The van der Waals surface area contributed by atoms with Crippen molar-refractivity contribution < 1.29 is 9.53 Å². The molecule has 0 unspecified atom stereocenters. The summed E-state index contributed by atoms with van der Waals surface area (Å²) in [6, 6.07) is 7.92. The van der Waals surface area contributed by atoms with Gasteiger partial charge in [0.25, 0.3) is 0 Å². The molecule has 1 aliphatic rings. The quantitative estimate of drug-likeness (QED) is 0.818. The number of methoxy groups -OCH3 is 1. The molecule has 4 heteroatoms. The van der Waals surface area contributed by atoms with Gasteiger partial charge in [-0.15, -0.1) is 0 Å². The number of piperidine rings is 1. The molecule has 1 fully saturated rings. The van der Waals surface area contributed by atoms with Crippen molar-refractivity contribution in [2.75, 3.05) is 33.8 Å². The molecule has 19 heavy (non-hydrogen) atoms. The van der Waals surface area contributed by atoms with Gasteiger partial charge in [-0.3, -0.25) is 9.69 Å². The van der Waals surface area contributed by atoms with Crippen molar-refractivity contribution >= 4 is 5.78 Å². The van der Waals surface area contributed by atoms with Gasteiger partial charge >= 0.3 is 0 Å². The summed E-state index contributed by atoms with van der Waals surface area (Å²) < 4.78 is 5.24. The van der Waals surface area contributed by atoms with Crippen molar-refractivity contribution in [1.29, 1.82) is 0 Å². The second kappa shape index (κ2) is 6.68. The maximum Gasteiger partial charge on any atom is 0.180 e. The van der Waals surface area contributed by atoms with E-state index in [0.29, 0.717) is 23.9 Å². The number of rotatable bonds is 5. The fraction of sp³-hybridized carbons (Fsp3) is 0.533. The van der Waals surface area contributed by atoms with Gasteiger partial charge in [0.15, 0.2) is 5.78 Å². The average Bonchev–Trinajstić information content (AvgIpc) is 2.48. The number of benzene rings is 1. The van der Waals surface area contributed by atoms with Crippen molar-refractivity contribution in [2.24, 2.45) is 0 Å². The minimum Gasteiger partial charge on any atom is -0.496 e. The number of carbonyl (C=O) groups is 1. The van der Waals surface area contributed by atoms with E-state index < -0.39 is 0 Å². The highest BCUT2D eigenvalue weighted by Gasteiger charge is 2.21. The molecule has 0 radical (unpaired) electrons. The van der Waals surface area contributed by atoms with Crippen LogP contribution in [0.25, 0.3) is 0 Å². The van der Waals surface area contributed by atoms with E-state index in [1.807, 2.05) is 31.3 Å². The second-order valence-corrected chi connectivity index (χ2v) is 5.02. The Balaban J connectivity index is 1.99. The van der Waals surface area contributed by atoms with Crippen LogP contribution in [0.4, 0.5) is 0 Å². The Morgan fingerprint density at radius 2 is 2.05 bits per heavy atom. The number of ketones is 1. The molecule has 1 aliphatic heterocycles. The number of carbonyl (C=O) groups excluding carboxylic acids is 1. The van der Waals surface area contributed by atoms with Crippen LogP contribution in [-0.2, 0) is 0 Å². The largest absolute Gasteiger partial charge is 0.496 e. The predicted octanol–water partition coefficient (Wildman–Crippen LogP) is 1.56. The molecular weight excluding hydrogens is 240 g/mol. The monoisotopic (exact) mass is 262 g/mol. The number of likely N-dealkylation sites (N-methyl/N-ethyl adjacent to an activating group) is 1. The summed E-state index contributed by atoms with van der Waals surface area (Å²) in [6.07, 6.45) is 2.21. The third kappa shape index (κ3) is 3.55. The first-order valence-corrected chi connectivity index (χ1v) is 6.79. The summed E-state index contributed by atoms with van der Waals surface area (Å²) in [5.74, 6) is 0.782. The lowest BCUT2D eigenvalue weighted by Gasteiger charge is -2.31. The van der Waals surface area contributed by atoms with Gasteiger partial charge < -0.3 is 10.1 Å². The summed E-state index contributed by atoms with van der Waals surface area (Å²) in [6.45, 7) is 2.53. The molecule has 0 aliphatic carbocycles. The number of ether oxygens (including phenoxy) is 1. The van der Waals surface area contributed by atoms with Crippen LogP contribution in [-0.4, -0.2) is 50.5 Å². The lowest BCUT2D eigenvalue weighted by Crippen LogP contribution is -2.43. The Morgan fingerprint density at radius 3 is 2.74 bits per heavy atom. The Labute approximate surface area is 114 Å². The molecule has 0 atom stereocenters. The SMILES string of the molecule is COc1ccccc1C(=O)CN(C)C1CCNCC1. The predicted molar refractivity (Wildman–Crippen MR) is 75.8 cm³/mol. The molecule has 0 spiro atoms. The van der Waals surface area contributed by atoms with E-state index in [9.17, 15) is 4.79 Å². The molecule has 0 amide bonds. The van der Waals surface area contributed by atoms with Crippen molar-refractivity contribution in [2.45, 2.75) is 18.9 Å². The Hall–Kier alpha value is -1.39. The summed E-state index contributed by atoms with van der Waals surface area (Å²) >= 11 is 0. The van der Waals surface area contributed by atoms with Gasteiger partial charge in [-0.2, -0.15) is 0 Å². The molecule has 0 aromatic heterocycles. The highest BCUT2D eigenvalue weighted by molar-refractivity contribution is 6.00. The molecule has 1 aromatic carbocycles. The molecule has 104 valence electrons. The lowest BCUT2D eigenvalue weighted by molar-refractivity contribution is 0.0900. The normalized spacial score (nSPS) is 16.6. The number of para-hydroxylation sites is 1. The fourth-order valence-corrected chi connectivity index (χ4v) is 2.56. The topological polar surface area (TPSA) is 41.6 Å². The maximum absolute atomic E-state index is 12.3. The van der Waals surface area contributed by atoms with Gasteiger partial charge in [0.2, 0.25) is 0 Å². The molecule has 0 saturated carbocycles. The maximum atomic E-state index is 12.3. The first-order valence-electron chi connectivity index (χ1n) is 6.79. The van der Waals surface area contributed by atoms with E-state index in [2.05, 4.69) is 10.2 Å². The zero-order chi connectivity index (χ0) is 13.7. The summed E-state index contributed by atoms with van der Waals surface area (Å²) in [5, 5.41) is 3.34. The van der Waals surface area contributed by atoms with E-state index in [4.69, 9.17) is 4.74 Å². The van der Waals surface area contributed by atoms with Crippen molar-refractivity contribution in [3.05, 3.63) is 29.8 Å². The van der Waals surface area contributed by atoms with Crippen LogP contribution < -0.4 is 10.1 Å². The highest BCUT2D eigenvalue weighted by atomic mass is 16.5. The molecule has 1 N–H and O–H groups in total. The third-order valence-electron chi connectivity index (χ3n) is 3.73. The van der Waals surface area contributed by atoms with Crippen LogP contribution >= 0.6 is 0 Å². The molecule has 1 heterocycles. The van der Waals surface area contributed by atoms with E-state index in [-0.39, 0.29) is 5.78 Å². The molecule has 1 saturated heterocycles. The summed E-state index contributed by atoms with van der Waals surface area (Å²) in [7, 11) is 3.63. The number of nitrogens with zero attached hydrogens (tertiary/aromatic N) is 1. The van der Waals surface area contributed by atoms with E-state index in [0.717, 1.165) is 25.9 Å². The number of hydrogen-bond acceptors (Lipinski definition) is 4. The molecular formula is C15H22N2O2. The number of nitrogens with one attached hydrogen (secondary N) is 1. The van der Waals surface area contributed by atoms with Gasteiger partial charge in [0.1, 0.15) is 5.75 Å². The molecule has 4 nitrogen and oxygen atoms in total. The van der Waals surface area contributed by atoms with Gasteiger partial charge in [-0.25, -0.2) is 0 Å². The Bertz CT molecular complexity index is 428. The first-order chi connectivity index (χ1) is 9.22. The van der Waals surface area contributed by atoms with Gasteiger partial charge in [0, 0.05) is 6.04 Å². The van der Waals surface area contributed by atoms with Crippen LogP contribution in [0.1, 0.15) is 23.2 Å². The van der Waals surface area contributed by atoms with Crippen molar-refractivity contribution in [3.63, 3.8) is 0 Å². The minimum atomic E-state index is 0.124. The van der Waals surface area contributed by atoms with E-state index in [1.165, 1.54) is 0 Å². The van der Waals surface area contributed by atoms with Gasteiger partial charge in [-0.05, 0) is 45.1 Å². The fourth-order valence-electron chi connectivity index (χ4n) is 2.56. The van der Waals surface area contributed by atoms with Crippen LogP contribution in [0.2, 0.25) is 0 Å². The Morgan fingerprint density at radius 1 is 1.37 bits per heavy atom. The minimum absolute atomic E-state index is 0.124. The van der Waals surface area contributed by atoms with Crippen LogP contribution in [0.15, 0.2) is 24.3 Å². The average molecular weight is 262 g/mol. The van der Waals surface area contributed by atoms with Crippen LogP contribution in [0, 0.1) is 0 Å². The van der Waals surface area contributed by atoms with Crippen LogP contribution in [0.3, 0.4) is 0 Å². The highest BCUT2D eigenvalue weighted by Crippen LogP contribution is 2.19. The van der Waals surface area contributed by atoms with Crippen LogP contribution in [0.5, 0.6) is 5.75 Å². The molecule has 1 aromatic rings. The third-order valence-corrected chi connectivity index (χ3v) is 3.73. The zero-order valence-corrected chi connectivity index (χ0v) is 11.7. The van der Waals surface area contributed by atoms with E-state index >= 15 is 0 Å². The van der Waals surface area contributed by atoms with Gasteiger partial charge in [-0.1, -0.05) is 12.1 Å². The lowest BCUT2D eigenvalue weighted by atomic mass is 10.0. The summed E-state index contributed by atoms with van der Waals surface area (Å²) in [5.41, 5.74) is 0.672. The second-order valence-electron chi connectivity index (χ2n) is 5.02. The number of Topliss-reactive ketones (excluding diaryl/α,β-unsaturated/α-hetero) is 1. The van der Waals surface area contributed by atoms with Gasteiger partial charge in [0.05, 0.1) is 19.2 Å². The molecule has 0 bridgehead atoms. The van der Waals surface area contributed by atoms with E-state index in [1.54, 1.807) is 7.11 Å². The molecule has 2 rings (SSSR count). The Kier molecular flexibility index (Phi) is 4.93. The van der Waals surface area contributed by atoms with Crippen molar-refractivity contribution in [3.8, 4) is 5.75 Å². The zero-order valence-electron chi connectivity index (χ0n) is 11.7. The standard InChI is InChI=1S/C15H22N2O2/c1-17(12-7-9-16-10-8-12)11-14(18)13-5-3-4-6-15(13)19-2/h3-6,12,16H,7-11H2,1-2H3. The van der Waals surface area contributed by atoms with Crippen molar-refractivity contribution in [1.82, 2.24) is 10.2 Å².